The van der Waals surface area contributed by atoms with Gasteiger partial charge in [0.2, 0.25) is 11.8 Å². The minimum Gasteiger partial charge on any atom is -0.326 e. The molecule has 2 aromatic rings. The van der Waals surface area contributed by atoms with Crippen molar-refractivity contribution in [2.75, 3.05) is 16.0 Å². The summed E-state index contributed by atoms with van der Waals surface area (Å²) in [4.78, 5) is 27.0. The van der Waals surface area contributed by atoms with Crippen LogP contribution in [0.4, 0.5) is 11.4 Å². The van der Waals surface area contributed by atoms with E-state index in [1.54, 1.807) is 11.8 Å². The molecule has 2 aromatic carbocycles. The van der Waals surface area contributed by atoms with Crippen LogP contribution in [0.15, 0.2) is 48.5 Å². The zero-order valence-electron chi connectivity index (χ0n) is 19.4. The first kappa shape index (κ1) is 24.4. The van der Waals surface area contributed by atoms with Gasteiger partial charge in [-0.3, -0.25) is 14.5 Å². The van der Waals surface area contributed by atoms with E-state index in [0.717, 1.165) is 42.6 Å². The molecule has 1 heterocycles. The Kier molecular flexibility index (Phi) is 9.66. The van der Waals surface area contributed by atoms with Gasteiger partial charge in [0.25, 0.3) is 0 Å². The van der Waals surface area contributed by atoms with Crippen LogP contribution in [-0.2, 0) is 16.0 Å². The zero-order valence-corrected chi connectivity index (χ0v) is 20.3. The first-order chi connectivity index (χ1) is 15.6. The molecule has 0 radical (unpaired) electrons. The highest BCUT2D eigenvalue weighted by Gasteiger charge is 2.34. The first-order valence-electron chi connectivity index (χ1n) is 12.1. The van der Waals surface area contributed by atoms with Gasteiger partial charge in [-0.1, -0.05) is 82.7 Å². The van der Waals surface area contributed by atoms with Gasteiger partial charge in [-0.05, 0) is 42.2 Å². The van der Waals surface area contributed by atoms with Gasteiger partial charge in [-0.25, -0.2) is 0 Å². The lowest BCUT2D eigenvalue weighted by atomic mass is 10.1. The fourth-order valence-corrected chi connectivity index (χ4v) is 5.35. The molecule has 1 aliphatic rings. The van der Waals surface area contributed by atoms with E-state index in [1.807, 2.05) is 41.3 Å². The van der Waals surface area contributed by atoms with Crippen molar-refractivity contribution in [3.05, 3.63) is 59.7 Å². The Balaban J connectivity index is 1.60. The predicted molar refractivity (Wildman–Crippen MR) is 136 cm³/mol. The molecular formula is C27H36N2O2S. The Morgan fingerprint density at radius 2 is 1.69 bits per heavy atom. The molecule has 1 atom stereocenters. The van der Waals surface area contributed by atoms with Crippen molar-refractivity contribution in [2.24, 2.45) is 0 Å². The smallest absolute Gasteiger partial charge is 0.238 e. The first-order valence-corrected chi connectivity index (χ1v) is 13.1. The Morgan fingerprint density at radius 1 is 0.969 bits per heavy atom. The maximum absolute atomic E-state index is 12.8. The minimum atomic E-state index is -0.0339. The number of aryl methyl sites for hydroxylation is 1. The van der Waals surface area contributed by atoms with Crippen molar-refractivity contribution < 1.29 is 9.59 Å². The van der Waals surface area contributed by atoms with Gasteiger partial charge in [0, 0.05) is 17.8 Å². The molecular weight excluding hydrogens is 416 g/mol. The molecule has 1 N–H and O–H groups in total. The zero-order chi connectivity index (χ0) is 22.8. The van der Waals surface area contributed by atoms with E-state index in [-0.39, 0.29) is 17.2 Å². The number of rotatable bonds is 12. The summed E-state index contributed by atoms with van der Waals surface area (Å²) in [6, 6.07) is 16.2. The van der Waals surface area contributed by atoms with E-state index in [2.05, 4.69) is 31.3 Å². The van der Waals surface area contributed by atoms with Crippen LogP contribution in [-0.4, -0.2) is 17.6 Å². The van der Waals surface area contributed by atoms with Crippen molar-refractivity contribution in [1.82, 2.24) is 0 Å². The number of thioether (sulfide) groups is 1. The van der Waals surface area contributed by atoms with Crippen molar-refractivity contribution in [3.63, 3.8) is 0 Å². The predicted octanol–water partition coefficient (Wildman–Crippen LogP) is 7.11. The normalized spacial score (nSPS) is 15.9. The largest absolute Gasteiger partial charge is 0.326 e. The van der Waals surface area contributed by atoms with Gasteiger partial charge < -0.3 is 5.32 Å². The van der Waals surface area contributed by atoms with E-state index < -0.39 is 0 Å². The monoisotopic (exact) mass is 452 g/mol. The van der Waals surface area contributed by atoms with Crippen LogP contribution in [0.25, 0.3) is 0 Å². The van der Waals surface area contributed by atoms with Crippen molar-refractivity contribution >= 4 is 35.0 Å². The fraction of sp³-hybridized carbons (Fsp3) is 0.481. The summed E-state index contributed by atoms with van der Waals surface area (Å²) >= 11 is 1.66. The number of carbonyl (C=O) groups excluding carboxylic acids is 2. The summed E-state index contributed by atoms with van der Waals surface area (Å²) in [6.45, 7) is 4.37. The van der Waals surface area contributed by atoms with Gasteiger partial charge in [0.15, 0.2) is 0 Å². The lowest BCUT2D eigenvalue weighted by Gasteiger charge is -2.26. The molecule has 0 aromatic heterocycles. The van der Waals surface area contributed by atoms with E-state index >= 15 is 0 Å². The lowest BCUT2D eigenvalue weighted by Crippen LogP contribution is -2.28. The number of nitrogens with one attached hydrogen (secondary N) is 1. The Morgan fingerprint density at radius 3 is 2.44 bits per heavy atom. The summed E-state index contributed by atoms with van der Waals surface area (Å²) in [6.07, 6.45) is 9.65. The number of hydrogen-bond acceptors (Lipinski definition) is 3. The van der Waals surface area contributed by atoms with Gasteiger partial charge in [0.1, 0.15) is 5.37 Å². The highest BCUT2D eigenvalue weighted by Crippen LogP contribution is 2.43. The van der Waals surface area contributed by atoms with Gasteiger partial charge in [-0.2, -0.15) is 0 Å². The third-order valence-corrected chi connectivity index (χ3v) is 7.09. The molecule has 5 heteroatoms. The molecule has 2 amide bonds. The number of amides is 2. The van der Waals surface area contributed by atoms with E-state index in [1.165, 1.54) is 31.2 Å². The minimum absolute atomic E-state index is 0.0339. The molecule has 0 aliphatic carbocycles. The van der Waals surface area contributed by atoms with Crippen LogP contribution in [0, 0.1) is 0 Å². The van der Waals surface area contributed by atoms with Crippen molar-refractivity contribution in [1.29, 1.82) is 0 Å². The maximum atomic E-state index is 12.8. The second-order valence-electron chi connectivity index (χ2n) is 8.49. The average molecular weight is 453 g/mol. The number of hydrogen-bond donors (Lipinski definition) is 1. The van der Waals surface area contributed by atoms with E-state index in [0.29, 0.717) is 12.2 Å². The Hall–Kier alpha value is -2.27. The van der Waals surface area contributed by atoms with Gasteiger partial charge >= 0.3 is 0 Å². The number of unbranched alkanes of at least 4 members (excludes halogenated alkanes) is 5. The summed E-state index contributed by atoms with van der Waals surface area (Å²) in [5.41, 5.74) is 4.14. The van der Waals surface area contributed by atoms with Crippen LogP contribution < -0.4 is 10.2 Å². The standard InChI is InChI=1S/C27H36N2O2S/c1-3-5-6-7-8-9-15-25(30)28-23-18-16-22(17-19-23)27-29(26(31)20-32-27)24-14-11-10-13-21(24)12-4-2/h10-11,13-14,16-19,27H,3-9,12,15,20H2,1-2H3,(H,28,30)/t27-/m0/s1. The molecule has 1 aliphatic heterocycles. The maximum Gasteiger partial charge on any atom is 0.238 e. The van der Waals surface area contributed by atoms with Crippen LogP contribution in [0.3, 0.4) is 0 Å². The van der Waals surface area contributed by atoms with Gasteiger partial charge in [0.05, 0.1) is 5.75 Å². The molecule has 0 bridgehead atoms. The Labute approximate surface area is 197 Å². The van der Waals surface area contributed by atoms with E-state index in [9.17, 15) is 9.59 Å². The second-order valence-corrected chi connectivity index (χ2v) is 9.56. The molecule has 0 unspecified atom stereocenters. The molecule has 0 spiro atoms. The molecule has 32 heavy (non-hydrogen) atoms. The topological polar surface area (TPSA) is 49.4 Å². The average Bonchev–Trinajstić information content (AvgIpc) is 3.18. The van der Waals surface area contributed by atoms with Gasteiger partial charge in [-0.15, -0.1) is 11.8 Å². The van der Waals surface area contributed by atoms with Crippen molar-refractivity contribution in [3.8, 4) is 0 Å². The van der Waals surface area contributed by atoms with Crippen LogP contribution >= 0.6 is 11.8 Å². The second kappa shape index (κ2) is 12.7. The van der Waals surface area contributed by atoms with E-state index in [4.69, 9.17) is 0 Å². The van der Waals surface area contributed by atoms with Crippen LogP contribution in [0.2, 0.25) is 0 Å². The molecule has 3 rings (SSSR count). The number of nitrogens with zero attached hydrogens (tertiary/aromatic N) is 1. The van der Waals surface area contributed by atoms with Crippen LogP contribution in [0.1, 0.15) is 81.7 Å². The number of carbonyl (C=O) groups is 2. The highest BCUT2D eigenvalue weighted by molar-refractivity contribution is 8.00. The fourth-order valence-electron chi connectivity index (χ4n) is 4.18. The van der Waals surface area contributed by atoms with Crippen LogP contribution in [0.5, 0.6) is 0 Å². The highest BCUT2D eigenvalue weighted by atomic mass is 32.2. The summed E-state index contributed by atoms with van der Waals surface area (Å²) < 4.78 is 0. The van der Waals surface area contributed by atoms with Crippen molar-refractivity contribution in [2.45, 2.75) is 77.0 Å². The molecule has 1 saturated heterocycles. The summed E-state index contributed by atoms with van der Waals surface area (Å²) in [5.74, 6) is 0.718. The Bertz CT molecular complexity index is 881. The number of anilines is 2. The SMILES string of the molecule is CCCCCCCCC(=O)Nc1ccc([C@@H]2SCC(=O)N2c2ccccc2CCC)cc1. The molecule has 0 saturated carbocycles. The molecule has 172 valence electrons. The molecule has 4 nitrogen and oxygen atoms in total. The quantitative estimate of drug-likeness (QED) is 0.349. The summed E-state index contributed by atoms with van der Waals surface area (Å²) in [5, 5.41) is 2.98. The third-order valence-electron chi connectivity index (χ3n) is 5.88. The summed E-state index contributed by atoms with van der Waals surface area (Å²) in [7, 11) is 0. The number of benzene rings is 2. The third kappa shape index (κ3) is 6.61. The molecule has 1 fully saturated rings. The lowest BCUT2D eigenvalue weighted by molar-refractivity contribution is -0.116. The number of para-hydroxylation sites is 1.